The van der Waals surface area contributed by atoms with Gasteiger partial charge in [0.25, 0.3) is 0 Å². The molecule has 0 fully saturated rings. The number of unbranched alkanes of at least 4 members (excludes halogenated alkanes) is 1. The fourth-order valence-corrected chi connectivity index (χ4v) is 0.529. The summed E-state index contributed by atoms with van der Waals surface area (Å²) in [6.45, 7) is 6.95. The molecule has 1 radical (unpaired) electrons. The first-order valence-electron chi connectivity index (χ1n) is 3.59. The summed E-state index contributed by atoms with van der Waals surface area (Å²) in [4.78, 5) is 0. The first-order chi connectivity index (χ1) is 4.41. The van der Waals surface area contributed by atoms with Crippen molar-refractivity contribution in [3.8, 4) is 0 Å². The average molecular weight is 126 g/mol. The Kier molecular flexibility index (Phi) is 7.15. The first-order valence-corrected chi connectivity index (χ1v) is 3.59. The second-order valence-corrected chi connectivity index (χ2v) is 2.00. The van der Waals surface area contributed by atoms with Crippen LogP contribution in [-0.4, -0.2) is 6.54 Å². The third kappa shape index (κ3) is 7.54. The fourth-order valence-electron chi connectivity index (χ4n) is 0.529. The van der Waals surface area contributed by atoms with E-state index in [2.05, 4.69) is 19.2 Å². The highest BCUT2D eigenvalue weighted by Crippen LogP contribution is 1.82. The van der Waals surface area contributed by atoms with Crippen molar-refractivity contribution in [3.63, 3.8) is 0 Å². The van der Waals surface area contributed by atoms with E-state index in [1.807, 2.05) is 12.3 Å². The number of rotatable bonds is 5. The van der Waals surface area contributed by atoms with Crippen LogP contribution in [0.25, 0.3) is 0 Å². The Hall–Kier alpha value is -0.460. The van der Waals surface area contributed by atoms with Crippen LogP contribution in [0.5, 0.6) is 0 Å². The zero-order valence-electron chi connectivity index (χ0n) is 6.19. The summed E-state index contributed by atoms with van der Waals surface area (Å²) in [6, 6.07) is 0. The maximum absolute atomic E-state index is 3.68. The third-order valence-electron chi connectivity index (χ3n) is 1.08. The maximum atomic E-state index is 3.68. The Bertz CT molecular complexity index is 67.0. The molecule has 0 amide bonds. The number of hydrogen-bond acceptors (Lipinski definition) is 1. The van der Waals surface area contributed by atoms with Crippen LogP contribution < -0.4 is 5.32 Å². The van der Waals surface area contributed by atoms with Crippen molar-refractivity contribution in [2.45, 2.75) is 26.2 Å². The molecule has 0 unspecified atom stereocenters. The van der Waals surface area contributed by atoms with Gasteiger partial charge in [-0.05, 0) is 26.0 Å². The van der Waals surface area contributed by atoms with E-state index in [0.717, 1.165) is 13.0 Å². The van der Waals surface area contributed by atoms with Gasteiger partial charge in [-0.1, -0.05) is 19.4 Å². The summed E-state index contributed by atoms with van der Waals surface area (Å²) >= 11 is 0. The molecule has 1 heteroatoms. The molecule has 53 valence electrons. The minimum atomic E-state index is 0.874. The lowest BCUT2D eigenvalue weighted by atomic mass is 10.3. The lowest BCUT2D eigenvalue weighted by Crippen LogP contribution is -2.05. The molecular weight excluding hydrogens is 110 g/mol. The second-order valence-electron chi connectivity index (χ2n) is 2.00. The Labute approximate surface area is 58.2 Å². The first kappa shape index (κ1) is 8.54. The van der Waals surface area contributed by atoms with E-state index in [0.29, 0.717) is 0 Å². The lowest BCUT2D eigenvalue weighted by molar-refractivity contribution is 0.734. The van der Waals surface area contributed by atoms with E-state index in [4.69, 9.17) is 0 Å². The minimum Gasteiger partial charge on any atom is -0.391 e. The normalized spacial score (nSPS) is 10.4. The van der Waals surface area contributed by atoms with Gasteiger partial charge >= 0.3 is 0 Å². The van der Waals surface area contributed by atoms with Gasteiger partial charge in [0.1, 0.15) is 0 Å². The van der Waals surface area contributed by atoms with Crippen molar-refractivity contribution in [1.29, 1.82) is 0 Å². The van der Waals surface area contributed by atoms with Gasteiger partial charge in [0.05, 0.1) is 0 Å². The molecule has 1 N–H and O–H groups in total. The SMILES string of the molecule is [CH2]C/C=C/NCCCC. The van der Waals surface area contributed by atoms with Crippen LogP contribution in [0.4, 0.5) is 0 Å². The number of nitrogens with one attached hydrogen (secondary N) is 1. The molecule has 0 bridgehead atoms. The van der Waals surface area contributed by atoms with E-state index in [-0.39, 0.29) is 0 Å². The molecule has 9 heavy (non-hydrogen) atoms. The smallest absolute Gasteiger partial charge is 0.0141 e. The van der Waals surface area contributed by atoms with Gasteiger partial charge < -0.3 is 5.32 Å². The lowest BCUT2D eigenvalue weighted by Gasteiger charge is -1.95. The fraction of sp³-hybridized carbons (Fsp3) is 0.625. The highest BCUT2D eigenvalue weighted by Gasteiger charge is 1.76. The highest BCUT2D eigenvalue weighted by molar-refractivity contribution is 4.79. The monoisotopic (exact) mass is 126 g/mol. The summed E-state index contributed by atoms with van der Waals surface area (Å²) in [5.41, 5.74) is 0. The van der Waals surface area contributed by atoms with E-state index in [1.165, 1.54) is 12.8 Å². The quantitative estimate of drug-likeness (QED) is 0.556. The van der Waals surface area contributed by atoms with Gasteiger partial charge in [-0.2, -0.15) is 0 Å². The Balaban J connectivity index is 2.82. The zero-order valence-corrected chi connectivity index (χ0v) is 6.19. The van der Waals surface area contributed by atoms with Gasteiger partial charge in [-0.15, -0.1) is 0 Å². The van der Waals surface area contributed by atoms with Gasteiger partial charge in [-0.25, -0.2) is 0 Å². The maximum Gasteiger partial charge on any atom is 0.0141 e. The third-order valence-corrected chi connectivity index (χ3v) is 1.08. The van der Waals surface area contributed by atoms with Crippen LogP contribution >= 0.6 is 0 Å². The molecule has 0 spiro atoms. The van der Waals surface area contributed by atoms with Gasteiger partial charge in [0, 0.05) is 6.54 Å². The van der Waals surface area contributed by atoms with Crippen molar-refractivity contribution >= 4 is 0 Å². The van der Waals surface area contributed by atoms with E-state index >= 15 is 0 Å². The number of allylic oxidation sites excluding steroid dienone is 1. The van der Waals surface area contributed by atoms with Gasteiger partial charge in [0.2, 0.25) is 0 Å². The predicted octanol–water partition coefficient (Wildman–Crippen LogP) is 2.11. The van der Waals surface area contributed by atoms with Crippen molar-refractivity contribution in [1.82, 2.24) is 5.32 Å². The zero-order chi connectivity index (χ0) is 6.95. The standard InChI is InChI=1S/C8H16N/c1-3-5-7-9-8-6-4-2/h5,7,9H,1,3-4,6,8H2,2H3/b7-5+. The second kappa shape index (κ2) is 7.54. The van der Waals surface area contributed by atoms with Crippen LogP contribution in [0, 0.1) is 6.92 Å². The minimum absolute atomic E-state index is 0.874. The van der Waals surface area contributed by atoms with Crippen LogP contribution in [0.15, 0.2) is 12.3 Å². The molecule has 0 aliphatic carbocycles. The van der Waals surface area contributed by atoms with Crippen LogP contribution in [0.2, 0.25) is 0 Å². The molecule has 0 aromatic rings. The van der Waals surface area contributed by atoms with Crippen molar-refractivity contribution in [3.05, 3.63) is 19.2 Å². The molecule has 0 aromatic heterocycles. The summed E-state index contributed by atoms with van der Waals surface area (Å²) in [5, 5.41) is 3.17. The molecule has 0 rings (SSSR count). The Morgan fingerprint density at radius 2 is 2.33 bits per heavy atom. The molecule has 0 atom stereocenters. The Morgan fingerprint density at radius 1 is 1.56 bits per heavy atom. The van der Waals surface area contributed by atoms with Crippen molar-refractivity contribution in [2.24, 2.45) is 0 Å². The van der Waals surface area contributed by atoms with Crippen LogP contribution in [0.1, 0.15) is 26.2 Å². The van der Waals surface area contributed by atoms with E-state index in [1.54, 1.807) is 0 Å². The van der Waals surface area contributed by atoms with E-state index in [9.17, 15) is 0 Å². The topological polar surface area (TPSA) is 12.0 Å². The largest absolute Gasteiger partial charge is 0.391 e. The molecule has 0 aliphatic rings. The van der Waals surface area contributed by atoms with Crippen molar-refractivity contribution in [2.75, 3.05) is 6.54 Å². The predicted molar refractivity (Wildman–Crippen MR) is 42.0 cm³/mol. The molecule has 0 saturated heterocycles. The summed E-state index contributed by atoms with van der Waals surface area (Å²) in [6.07, 6.45) is 7.38. The molecular formula is C8H16N. The average Bonchev–Trinajstić information content (AvgIpc) is 1.89. The van der Waals surface area contributed by atoms with Crippen LogP contribution in [-0.2, 0) is 0 Å². The molecule has 0 aliphatic heterocycles. The number of hydrogen-bond donors (Lipinski definition) is 1. The van der Waals surface area contributed by atoms with Crippen LogP contribution in [0.3, 0.4) is 0 Å². The highest BCUT2D eigenvalue weighted by atomic mass is 14.8. The van der Waals surface area contributed by atoms with Gasteiger partial charge in [-0.3, -0.25) is 0 Å². The molecule has 0 aromatic carbocycles. The van der Waals surface area contributed by atoms with E-state index < -0.39 is 0 Å². The summed E-state index contributed by atoms with van der Waals surface area (Å²) in [7, 11) is 0. The molecule has 1 nitrogen and oxygen atoms in total. The summed E-state index contributed by atoms with van der Waals surface area (Å²) < 4.78 is 0. The summed E-state index contributed by atoms with van der Waals surface area (Å²) in [5.74, 6) is 0. The van der Waals surface area contributed by atoms with Gasteiger partial charge in [0.15, 0.2) is 0 Å². The van der Waals surface area contributed by atoms with Crippen molar-refractivity contribution < 1.29 is 0 Å². The molecule has 0 heterocycles. The Morgan fingerprint density at radius 3 is 2.89 bits per heavy atom. The molecule has 0 saturated carbocycles.